The van der Waals surface area contributed by atoms with Crippen molar-refractivity contribution in [3.8, 4) is 34.2 Å². The fourth-order valence-electron chi connectivity index (χ4n) is 5.65. The van der Waals surface area contributed by atoms with Gasteiger partial charge in [0, 0.05) is 23.4 Å². The van der Waals surface area contributed by atoms with Crippen LogP contribution in [0.2, 0.25) is 0 Å². The highest BCUT2D eigenvalue weighted by Crippen LogP contribution is 2.53. The average molecular weight is 518 g/mol. The molecule has 0 bridgehead atoms. The summed E-state index contributed by atoms with van der Waals surface area (Å²) < 4.78 is 0. The van der Waals surface area contributed by atoms with Crippen LogP contribution in [0.1, 0.15) is 25.0 Å². The third kappa shape index (κ3) is 3.95. The molecular weight excluding hydrogens is 490 g/mol. The Morgan fingerprint density at radius 3 is 1.50 bits per heavy atom. The number of benzene rings is 3. The van der Waals surface area contributed by atoms with Gasteiger partial charge in [-0.05, 0) is 65.7 Å². The van der Waals surface area contributed by atoms with E-state index < -0.39 is 0 Å². The smallest absolute Gasteiger partial charge is 0.162 e. The molecule has 1 aliphatic heterocycles. The summed E-state index contributed by atoms with van der Waals surface area (Å²) in [6.07, 6.45) is 3.57. The van der Waals surface area contributed by atoms with Crippen LogP contribution in [0.15, 0.2) is 128 Å². The Morgan fingerprint density at radius 2 is 0.975 bits per heavy atom. The molecule has 0 aliphatic carbocycles. The summed E-state index contributed by atoms with van der Waals surface area (Å²) in [7, 11) is 0. The normalized spacial score (nSPS) is 13.4. The first-order valence-corrected chi connectivity index (χ1v) is 13.4. The Hall–Kier alpha value is -5.16. The Bertz CT molecular complexity index is 1720. The summed E-state index contributed by atoms with van der Waals surface area (Å²) in [4.78, 5) is 21.7. The number of anilines is 3. The third-order valence-electron chi connectivity index (χ3n) is 7.60. The summed E-state index contributed by atoms with van der Waals surface area (Å²) in [6, 6.07) is 39.4. The monoisotopic (exact) mass is 517 g/mol. The van der Waals surface area contributed by atoms with Gasteiger partial charge in [0.1, 0.15) is 0 Å². The zero-order chi connectivity index (χ0) is 27.1. The molecule has 0 saturated carbocycles. The zero-order valence-corrected chi connectivity index (χ0v) is 22.4. The number of rotatable bonds is 4. The Labute approximate surface area is 233 Å². The largest absolute Gasteiger partial charge is 0.309 e. The number of fused-ring (bicyclic) bond motifs is 2. The van der Waals surface area contributed by atoms with E-state index >= 15 is 0 Å². The minimum atomic E-state index is -0.139. The minimum Gasteiger partial charge on any atom is -0.309 e. The topological polar surface area (TPSA) is 54.8 Å². The van der Waals surface area contributed by atoms with Crippen molar-refractivity contribution < 1.29 is 0 Å². The number of hydrogen-bond acceptors (Lipinski definition) is 5. The second-order valence-electron chi connectivity index (χ2n) is 10.4. The van der Waals surface area contributed by atoms with Crippen LogP contribution in [-0.2, 0) is 5.41 Å². The number of para-hydroxylation sites is 3. The molecule has 3 aromatic heterocycles. The molecule has 40 heavy (non-hydrogen) atoms. The number of hydrogen-bond donors (Lipinski definition) is 0. The molecule has 192 valence electrons. The van der Waals surface area contributed by atoms with E-state index in [0.717, 1.165) is 45.4 Å². The van der Waals surface area contributed by atoms with Gasteiger partial charge in [0.2, 0.25) is 0 Å². The third-order valence-corrected chi connectivity index (χ3v) is 7.60. The first-order valence-electron chi connectivity index (χ1n) is 13.4. The summed E-state index contributed by atoms with van der Waals surface area (Å²) in [5, 5.41) is 0. The van der Waals surface area contributed by atoms with Crippen LogP contribution < -0.4 is 4.90 Å². The first-order chi connectivity index (χ1) is 19.6. The SMILES string of the molecule is CC1(C)c2ccccc2N(c2ccccc2-c2nc(-c3ccccn3)cc(-c3ccccn3)n2)c2ccccc21. The molecule has 6 aromatic rings. The summed E-state index contributed by atoms with van der Waals surface area (Å²) in [5.41, 5.74) is 9.76. The standard InChI is InChI=1S/C35H27N5/c1-35(2)25-14-4-7-19-32(25)40(33-20-8-5-15-26(33)35)31-18-6-3-13-24(31)34-38-29(27-16-9-11-21-36-27)23-30(39-34)28-17-10-12-22-37-28/h3-23H,1-2H3. The lowest BCUT2D eigenvalue weighted by molar-refractivity contribution is 0.632. The molecule has 0 unspecified atom stereocenters. The molecule has 5 heteroatoms. The van der Waals surface area contributed by atoms with Crippen molar-refractivity contribution in [3.05, 3.63) is 139 Å². The Balaban J connectivity index is 1.48. The maximum atomic E-state index is 5.07. The zero-order valence-electron chi connectivity index (χ0n) is 22.4. The van der Waals surface area contributed by atoms with E-state index in [0.29, 0.717) is 5.82 Å². The highest BCUT2D eigenvalue weighted by molar-refractivity contribution is 5.91. The van der Waals surface area contributed by atoms with Gasteiger partial charge in [0.15, 0.2) is 5.82 Å². The molecule has 0 atom stereocenters. The van der Waals surface area contributed by atoms with Crippen LogP contribution in [0.4, 0.5) is 17.1 Å². The van der Waals surface area contributed by atoms with Gasteiger partial charge in [-0.2, -0.15) is 0 Å². The molecule has 4 heterocycles. The van der Waals surface area contributed by atoms with Crippen LogP contribution in [0, 0.1) is 0 Å². The van der Waals surface area contributed by atoms with Crippen LogP contribution in [0.5, 0.6) is 0 Å². The lowest BCUT2D eigenvalue weighted by atomic mass is 9.73. The van der Waals surface area contributed by atoms with Gasteiger partial charge in [-0.25, -0.2) is 9.97 Å². The van der Waals surface area contributed by atoms with Gasteiger partial charge in [-0.15, -0.1) is 0 Å². The highest BCUT2D eigenvalue weighted by atomic mass is 15.2. The minimum absolute atomic E-state index is 0.139. The van der Waals surface area contributed by atoms with Gasteiger partial charge in [0.25, 0.3) is 0 Å². The van der Waals surface area contributed by atoms with Crippen molar-refractivity contribution in [2.45, 2.75) is 19.3 Å². The van der Waals surface area contributed by atoms with Crippen molar-refractivity contribution in [3.63, 3.8) is 0 Å². The first kappa shape index (κ1) is 23.9. The van der Waals surface area contributed by atoms with Crippen LogP contribution in [0.25, 0.3) is 34.2 Å². The van der Waals surface area contributed by atoms with Crippen molar-refractivity contribution in [2.24, 2.45) is 0 Å². The number of nitrogens with zero attached hydrogens (tertiary/aromatic N) is 5. The summed E-state index contributed by atoms with van der Waals surface area (Å²) in [5.74, 6) is 0.624. The molecule has 0 radical (unpaired) electrons. The van der Waals surface area contributed by atoms with E-state index in [9.17, 15) is 0 Å². The van der Waals surface area contributed by atoms with Crippen LogP contribution in [0.3, 0.4) is 0 Å². The van der Waals surface area contributed by atoms with Crippen molar-refractivity contribution in [1.82, 2.24) is 19.9 Å². The van der Waals surface area contributed by atoms with Crippen molar-refractivity contribution in [2.75, 3.05) is 4.90 Å². The van der Waals surface area contributed by atoms with Gasteiger partial charge < -0.3 is 4.90 Å². The van der Waals surface area contributed by atoms with E-state index in [1.54, 1.807) is 12.4 Å². The molecule has 7 rings (SSSR count). The molecular formula is C35H27N5. The predicted molar refractivity (Wildman–Crippen MR) is 161 cm³/mol. The van der Waals surface area contributed by atoms with E-state index in [1.807, 2.05) is 48.5 Å². The van der Waals surface area contributed by atoms with Gasteiger partial charge in [-0.3, -0.25) is 9.97 Å². The highest BCUT2D eigenvalue weighted by Gasteiger charge is 2.37. The van der Waals surface area contributed by atoms with Crippen LogP contribution >= 0.6 is 0 Å². The maximum Gasteiger partial charge on any atom is 0.162 e. The second-order valence-corrected chi connectivity index (χ2v) is 10.4. The molecule has 0 amide bonds. The summed E-state index contributed by atoms with van der Waals surface area (Å²) >= 11 is 0. The molecule has 0 N–H and O–H groups in total. The molecule has 5 nitrogen and oxygen atoms in total. The Morgan fingerprint density at radius 1 is 0.500 bits per heavy atom. The second kappa shape index (κ2) is 9.54. The van der Waals surface area contributed by atoms with E-state index in [-0.39, 0.29) is 5.41 Å². The quantitative estimate of drug-likeness (QED) is 0.235. The van der Waals surface area contributed by atoms with E-state index in [2.05, 4.69) is 95.4 Å². The molecule has 1 aliphatic rings. The van der Waals surface area contributed by atoms with Gasteiger partial charge >= 0.3 is 0 Å². The van der Waals surface area contributed by atoms with E-state index in [1.165, 1.54) is 11.1 Å². The fraction of sp³-hybridized carbons (Fsp3) is 0.0857. The van der Waals surface area contributed by atoms with Gasteiger partial charge in [-0.1, -0.05) is 74.5 Å². The Kier molecular flexibility index (Phi) is 5.71. The summed E-state index contributed by atoms with van der Waals surface area (Å²) in [6.45, 7) is 4.60. The van der Waals surface area contributed by atoms with Crippen LogP contribution in [-0.4, -0.2) is 19.9 Å². The molecule has 0 spiro atoms. The fourth-order valence-corrected chi connectivity index (χ4v) is 5.65. The predicted octanol–water partition coefficient (Wildman–Crippen LogP) is 8.38. The molecule has 3 aromatic carbocycles. The molecule has 0 fully saturated rings. The maximum absolute atomic E-state index is 5.07. The van der Waals surface area contributed by atoms with Gasteiger partial charge in [0.05, 0.1) is 39.8 Å². The van der Waals surface area contributed by atoms with Crippen molar-refractivity contribution in [1.29, 1.82) is 0 Å². The lowest BCUT2D eigenvalue weighted by Gasteiger charge is -2.42. The lowest BCUT2D eigenvalue weighted by Crippen LogP contribution is -2.30. The number of aromatic nitrogens is 4. The number of pyridine rings is 2. The average Bonchev–Trinajstić information content (AvgIpc) is 3.02. The molecule has 0 saturated heterocycles. The van der Waals surface area contributed by atoms with E-state index in [4.69, 9.17) is 9.97 Å². The van der Waals surface area contributed by atoms with Crippen molar-refractivity contribution >= 4 is 17.1 Å².